The summed E-state index contributed by atoms with van der Waals surface area (Å²) < 4.78 is 25.0. The Hall–Kier alpha value is -2.80. The third-order valence-electron chi connectivity index (χ3n) is 3.46. The van der Waals surface area contributed by atoms with Crippen molar-refractivity contribution in [2.45, 2.75) is 6.92 Å². The van der Waals surface area contributed by atoms with E-state index in [0.29, 0.717) is 11.5 Å². The molecule has 6 nitrogen and oxygen atoms in total. The van der Waals surface area contributed by atoms with Gasteiger partial charge in [-0.25, -0.2) is 8.42 Å². The maximum atomic E-state index is 11.3. The number of H-pyrrole nitrogens is 1. The fraction of sp³-hybridized carbons (Fsp3) is 0.118. The van der Waals surface area contributed by atoms with E-state index in [9.17, 15) is 8.42 Å². The molecule has 0 aliphatic heterocycles. The fourth-order valence-corrected chi connectivity index (χ4v) is 2.93. The molecule has 0 bridgehead atoms. The summed E-state index contributed by atoms with van der Waals surface area (Å²) >= 11 is 0. The maximum absolute atomic E-state index is 11.3. The molecule has 3 aromatic rings. The number of aromatic nitrogens is 2. The van der Waals surface area contributed by atoms with Gasteiger partial charge in [-0.05, 0) is 36.2 Å². The lowest BCUT2D eigenvalue weighted by atomic mass is 10.1. The largest absolute Gasteiger partial charge is 0.339 e. The van der Waals surface area contributed by atoms with Crippen molar-refractivity contribution in [2.24, 2.45) is 0 Å². The highest BCUT2D eigenvalue weighted by atomic mass is 32.2. The number of hydrogen-bond acceptors (Lipinski definition) is 4. The molecule has 0 spiro atoms. The summed E-state index contributed by atoms with van der Waals surface area (Å²) in [6.45, 7) is 1.90. The predicted octanol–water partition coefficient (Wildman–Crippen LogP) is 3.50. The molecular weight excluding hydrogens is 324 g/mol. The van der Waals surface area contributed by atoms with E-state index in [0.717, 1.165) is 28.8 Å². The minimum absolute atomic E-state index is 0.535. The van der Waals surface area contributed by atoms with Crippen molar-refractivity contribution >= 4 is 27.2 Å². The van der Waals surface area contributed by atoms with Gasteiger partial charge in [0.25, 0.3) is 0 Å². The molecule has 0 amide bonds. The summed E-state index contributed by atoms with van der Waals surface area (Å²) in [7, 11) is -3.28. The van der Waals surface area contributed by atoms with Gasteiger partial charge in [0.05, 0.1) is 11.9 Å². The topological polar surface area (TPSA) is 86.9 Å². The fourth-order valence-electron chi connectivity index (χ4n) is 2.37. The summed E-state index contributed by atoms with van der Waals surface area (Å²) in [5.74, 6) is 0.695. The zero-order valence-electron chi connectivity index (χ0n) is 13.4. The molecule has 7 heteroatoms. The Morgan fingerprint density at radius 3 is 2.46 bits per heavy atom. The van der Waals surface area contributed by atoms with Gasteiger partial charge in [-0.3, -0.25) is 9.82 Å². The quantitative estimate of drug-likeness (QED) is 0.662. The van der Waals surface area contributed by atoms with Gasteiger partial charge in [-0.15, -0.1) is 0 Å². The van der Waals surface area contributed by atoms with Gasteiger partial charge in [-0.2, -0.15) is 5.10 Å². The highest BCUT2D eigenvalue weighted by molar-refractivity contribution is 7.92. The molecule has 1 heterocycles. The minimum atomic E-state index is -3.28. The van der Waals surface area contributed by atoms with Gasteiger partial charge in [0.15, 0.2) is 5.82 Å². The van der Waals surface area contributed by atoms with E-state index in [4.69, 9.17) is 0 Å². The van der Waals surface area contributed by atoms with Crippen LogP contribution in [-0.4, -0.2) is 24.9 Å². The average molecular weight is 342 g/mol. The molecule has 3 rings (SSSR count). The first-order valence-electron chi connectivity index (χ1n) is 7.37. The molecule has 3 N–H and O–H groups in total. The van der Waals surface area contributed by atoms with Crippen LogP contribution in [0.1, 0.15) is 5.56 Å². The normalized spacial score (nSPS) is 11.2. The zero-order valence-corrected chi connectivity index (χ0v) is 14.2. The molecule has 0 saturated heterocycles. The number of nitrogens with one attached hydrogen (secondary N) is 3. The highest BCUT2D eigenvalue weighted by Gasteiger charge is 2.07. The Labute approximate surface area is 141 Å². The molecule has 0 unspecified atom stereocenters. The third-order valence-corrected chi connectivity index (χ3v) is 4.06. The molecule has 124 valence electrons. The third kappa shape index (κ3) is 3.94. The van der Waals surface area contributed by atoms with Crippen LogP contribution in [0.5, 0.6) is 0 Å². The van der Waals surface area contributed by atoms with Gasteiger partial charge >= 0.3 is 0 Å². The van der Waals surface area contributed by atoms with E-state index < -0.39 is 10.0 Å². The molecule has 24 heavy (non-hydrogen) atoms. The standard InChI is InChI=1S/C17H18N4O2S/c1-12-10-14(21-24(2,22)23)8-9-15(12)18-17-11-16(19-20-17)13-6-4-3-5-7-13/h3-11,21H,1-2H3,(H2,18,19,20). The van der Waals surface area contributed by atoms with Gasteiger partial charge in [-0.1, -0.05) is 30.3 Å². The van der Waals surface area contributed by atoms with E-state index in [2.05, 4.69) is 20.2 Å². The number of sulfonamides is 1. The van der Waals surface area contributed by atoms with Crippen LogP contribution in [0.3, 0.4) is 0 Å². The van der Waals surface area contributed by atoms with Crippen LogP contribution in [0.2, 0.25) is 0 Å². The molecule has 0 fully saturated rings. The average Bonchev–Trinajstić information content (AvgIpc) is 2.98. The minimum Gasteiger partial charge on any atom is -0.339 e. The Balaban J connectivity index is 1.78. The van der Waals surface area contributed by atoms with Crippen LogP contribution in [0, 0.1) is 6.92 Å². The Bertz CT molecular complexity index is 950. The number of benzene rings is 2. The summed E-state index contributed by atoms with van der Waals surface area (Å²) in [5.41, 5.74) is 4.29. The van der Waals surface area contributed by atoms with Crippen molar-refractivity contribution < 1.29 is 8.42 Å². The van der Waals surface area contributed by atoms with Crippen LogP contribution in [0.4, 0.5) is 17.2 Å². The Kier molecular flexibility index (Phi) is 4.26. The second-order valence-corrected chi connectivity index (χ2v) is 7.31. The van der Waals surface area contributed by atoms with Gasteiger partial charge in [0.1, 0.15) is 0 Å². The molecule has 0 atom stereocenters. The summed E-state index contributed by atoms with van der Waals surface area (Å²) in [4.78, 5) is 0. The molecule has 2 aromatic carbocycles. The number of aromatic amines is 1. The highest BCUT2D eigenvalue weighted by Crippen LogP contribution is 2.25. The first-order valence-corrected chi connectivity index (χ1v) is 9.26. The van der Waals surface area contributed by atoms with E-state index in [1.165, 1.54) is 0 Å². The Morgan fingerprint density at radius 2 is 1.79 bits per heavy atom. The molecule has 0 aliphatic rings. The smallest absolute Gasteiger partial charge is 0.229 e. The molecule has 0 aliphatic carbocycles. The first-order chi connectivity index (χ1) is 11.4. The lowest BCUT2D eigenvalue weighted by Gasteiger charge is -2.10. The van der Waals surface area contributed by atoms with Crippen LogP contribution in [-0.2, 0) is 10.0 Å². The Morgan fingerprint density at radius 1 is 1.04 bits per heavy atom. The predicted molar refractivity (Wildman–Crippen MR) is 97.0 cm³/mol. The van der Waals surface area contributed by atoms with Crippen molar-refractivity contribution in [3.8, 4) is 11.3 Å². The molecular formula is C17H18N4O2S. The second-order valence-electron chi connectivity index (χ2n) is 5.56. The van der Waals surface area contributed by atoms with Crippen LogP contribution in [0.15, 0.2) is 54.6 Å². The van der Waals surface area contributed by atoms with Crippen molar-refractivity contribution in [1.82, 2.24) is 10.2 Å². The summed E-state index contributed by atoms with van der Waals surface area (Å²) in [5, 5.41) is 10.5. The van der Waals surface area contributed by atoms with E-state index in [1.54, 1.807) is 12.1 Å². The number of aryl methyl sites for hydroxylation is 1. The maximum Gasteiger partial charge on any atom is 0.229 e. The molecule has 1 aromatic heterocycles. The number of rotatable bonds is 5. The number of anilines is 3. The van der Waals surface area contributed by atoms with Crippen LogP contribution < -0.4 is 10.0 Å². The number of nitrogens with zero attached hydrogens (tertiary/aromatic N) is 1. The van der Waals surface area contributed by atoms with Crippen LogP contribution in [0.25, 0.3) is 11.3 Å². The van der Waals surface area contributed by atoms with Crippen molar-refractivity contribution in [1.29, 1.82) is 0 Å². The lowest BCUT2D eigenvalue weighted by molar-refractivity contribution is 0.607. The summed E-state index contributed by atoms with van der Waals surface area (Å²) in [6, 6.07) is 17.2. The monoisotopic (exact) mass is 342 g/mol. The van der Waals surface area contributed by atoms with E-state index in [1.807, 2.05) is 49.4 Å². The van der Waals surface area contributed by atoms with Crippen molar-refractivity contribution in [3.05, 3.63) is 60.2 Å². The van der Waals surface area contributed by atoms with E-state index in [-0.39, 0.29) is 0 Å². The van der Waals surface area contributed by atoms with Gasteiger partial charge in [0.2, 0.25) is 10.0 Å². The van der Waals surface area contributed by atoms with E-state index >= 15 is 0 Å². The molecule has 0 radical (unpaired) electrons. The number of hydrogen-bond donors (Lipinski definition) is 3. The SMILES string of the molecule is Cc1cc(NS(C)(=O)=O)ccc1Nc1cc(-c2ccccc2)[nH]n1. The zero-order chi connectivity index (χ0) is 17.2. The van der Waals surface area contributed by atoms with Crippen molar-refractivity contribution in [2.75, 3.05) is 16.3 Å². The second kappa shape index (κ2) is 6.37. The van der Waals surface area contributed by atoms with Gasteiger partial charge in [0, 0.05) is 17.4 Å². The lowest BCUT2D eigenvalue weighted by Crippen LogP contribution is -2.09. The van der Waals surface area contributed by atoms with Crippen molar-refractivity contribution in [3.63, 3.8) is 0 Å². The summed E-state index contributed by atoms with van der Waals surface area (Å²) in [6.07, 6.45) is 1.13. The molecule has 0 saturated carbocycles. The van der Waals surface area contributed by atoms with Gasteiger partial charge < -0.3 is 5.32 Å². The first kappa shape index (κ1) is 16.1. The van der Waals surface area contributed by atoms with Crippen LogP contribution >= 0.6 is 0 Å².